The zero-order chi connectivity index (χ0) is 17.6. The first-order valence-corrected chi connectivity index (χ1v) is 8.99. The summed E-state index contributed by atoms with van der Waals surface area (Å²) in [6, 6.07) is 0. The molecule has 10 heteroatoms. The number of aromatic amines is 1. The van der Waals surface area contributed by atoms with Crippen LogP contribution in [0.3, 0.4) is 0 Å². The Morgan fingerprint density at radius 1 is 1.43 bits per heavy atom. The van der Waals surface area contributed by atoms with Crippen molar-refractivity contribution in [2.24, 2.45) is 0 Å². The Balaban J connectivity index is 2.71. The lowest BCUT2D eigenvalue weighted by Gasteiger charge is -2.22. The van der Waals surface area contributed by atoms with Crippen LogP contribution >= 0.6 is 7.60 Å². The SMILES string of the molecule is CCOP(=O)(O)CC[C@@H](OCn1cc(C)c(=O)[nH]c1=O)[C@H](C)O. The summed E-state index contributed by atoms with van der Waals surface area (Å²) in [5, 5.41) is 9.70. The van der Waals surface area contributed by atoms with Crippen molar-refractivity contribution in [3.63, 3.8) is 0 Å². The van der Waals surface area contributed by atoms with Crippen LogP contribution in [0, 0.1) is 6.92 Å². The third-order valence-electron chi connectivity index (χ3n) is 3.18. The van der Waals surface area contributed by atoms with Gasteiger partial charge in [-0.2, -0.15) is 0 Å². The molecule has 1 heterocycles. The van der Waals surface area contributed by atoms with Crippen molar-refractivity contribution < 1.29 is 23.8 Å². The van der Waals surface area contributed by atoms with E-state index in [0.717, 1.165) is 4.57 Å². The summed E-state index contributed by atoms with van der Waals surface area (Å²) >= 11 is 0. The van der Waals surface area contributed by atoms with Gasteiger partial charge in [-0.25, -0.2) is 4.79 Å². The highest BCUT2D eigenvalue weighted by Crippen LogP contribution is 2.42. The zero-order valence-electron chi connectivity index (χ0n) is 13.4. The van der Waals surface area contributed by atoms with Crippen LogP contribution < -0.4 is 11.2 Å². The van der Waals surface area contributed by atoms with E-state index in [1.165, 1.54) is 13.1 Å². The number of aryl methyl sites for hydroxylation is 1. The van der Waals surface area contributed by atoms with Gasteiger partial charge in [0.15, 0.2) is 0 Å². The van der Waals surface area contributed by atoms with Gasteiger partial charge in [-0.05, 0) is 27.2 Å². The Labute approximate surface area is 133 Å². The van der Waals surface area contributed by atoms with Gasteiger partial charge in [0.05, 0.1) is 25.0 Å². The molecule has 0 amide bonds. The van der Waals surface area contributed by atoms with E-state index in [1.54, 1.807) is 13.8 Å². The second-order valence-electron chi connectivity index (χ2n) is 5.18. The summed E-state index contributed by atoms with van der Waals surface area (Å²) in [4.78, 5) is 34.6. The summed E-state index contributed by atoms with van der Waals surface area (Å²) in [5.74, 6) is 0. The topological polar surface area (TPSA) is 131 Å². The first-order chi connectivity index (χ1) is 10.7. The quantitative estimate of drug-likeness (QED) is 0.541. The van der Waals surface area contributed by atoms with E-state index in [1.807, 2.05) is 0 Å². The average molecular weight is 350 g/mol. The minimum Gasteiger partial charge on any atom is -0.391 e. The van der Waals surface area contributed by atoms with Gasteiger partial charge in [-0.15, -0.1) is 0 Å². The Hall–Kier alpha value is -1.25. The average Bonchev–Trinajstić information content (AvgIpc) is 2.43. The monoisotopic (exact) mass is 350 g/mol. The van der Waals surface area contributed by atoms with Crippen LogP contribution in [0.4, 0.5) is 0 Å². The van der Waals surface area contributed by atoms with Gasteiger partial charge >= 0.3 is 13.3 Å². The number of rotatable bonds is 9. The van der Waals surface area contributed by atoms with E-state index >= 15 is 0 Å². The second-order valence-corrected chi connectivity index (χ2v) is 7.16. The molecule has 1 aromatic heterocycles. The number of ether oxygens (including phenoxy) is 1. The number of hydrogen-bond donors (Lipinski definition) is 3. The van der Waals surface area contributed by atoms with Gasteiger partial charge in [0, 0.05) is 11.8 Å². The van der Waals surface area contributed by atoms with Crippen LogP contribution in [0.25, 0.3) is 0 Å². The third kappa shape index (κ3) is 6.40. The van der Waals surface area contributed by atoms with E-state index in [0.29, 0.717) is 5.56 Å². The van der Waals surface area contributed by atoms with E-state index in [2.05, 4.69) is 4.98 Å². The molecule has 1 rings (SSSR count). The van der Waals surface area contributed by atoms with Crippen molar-refractivity contribution in [2.75, 3.05) is 12.8 Å². The summed E-state index contributed by atoms with van der Waals surface area (Å²) in [5.41, 5.74) is -0.763. The zero-order valence-corrected chi connectivity index (χ0v) is 14.3. The largest absolute Gasteiger partial charge is 0.391 e. The van der Waals surface area contributed by atoms with Crippen molar-refractivity contribution in [1.82, 2.24) is 9.55 Å². The predicted octanol–water partition coefficient (Wildman–Crippen LogP) is 0.181. The molecule has 3 atom stereocenters. The highest BCUT2D eigenvalue weighted by Gasteiger charge is 2.24. The molecule has 0 bridgehead atoms. The number of hydrogen-bond acceptors (Lipinski definition) is 6. The number of aliphatic hydroxyl groups excluding tert-OH is 1. The van der Waals surface area contributed by atoms with Gasteiger partial charge in [-0.1, -0.05) is 0 Å². The van der Waals surface area contributed by atoms with Crippen molar-refractivity contribution in [1.29, 1.82) is 0 Å². The van der Waals surface area contributed by atoms with E-state index in [9.17, 15) is 24.2 Å². The summed E-state index contributed by atoms with van der Waals surface area (Å²) in [6.45, 7) is 4.55. The number of nitrogens with zero attached hydrogens (tertiary/aromatic N) is 1. The summed E-state index contributed by atoms with van der Waals surface area (Å²) in [7, 11) is -3.71. The fourth-order valence-corrected chi connectivity index (χ4v) is 3.02. The van der Waals surface area contributed by atoms with Crippen molar-refractivity contribution in [3.05, 3.63) is 32.6 Å². The highest BCUT2D eigenvalue weighted by atomic mass is 31.2. The van der Waals surface area contributed by atoms with E-state index in [-0.39, 0.29) is 25.9 Å². The molecule has 0 radical (unpaired) electrons. The first kappa shape index (κ1) is 19.8. The summed E-state index contributed by atoms with van der Waals surface area (Å²) < 4.78 is 23.0. The molecule has 23 heavy (non-hydrogen) atoms. The van der Waals surface area contributed by atoms with Gasteiger partial charge in [-0.3, -0.25) is 18.9 Å². The van der Waals surface area contributed by atoms with Gasteiger partial charge in [0.2, 0.25) is 0 Å². The van der Waals surface area contributed by atoms with Crippen LogP contribution in [0.15, 0.2) is 15.8 Å². The molecular weight excluding hydrogens is 327 g/mol. The lowest BCUT2D eigenvalue weighted by molar-refractivity contribution is -0.0611. The minimum atomic E-state index is -3.71. The molecule has 132 valence electrons. The standard InChI is InChI=1S/C13H23N2O7P/c1-4-22-23(19,20)6-5-11(10(3)16)21-8-15-7-9(2)12(17)14-13(15)18/h7,10-11,16H,4-6,8H2,1-3H3,(H,19,20)(H,14,17,18)/t10-,11+/m0/s1. The Bertz CT molecular complexity index is 667. The minimum absolute atomic E-state index is 0.0858. The molecule has 9 nitrogen and oxygen atoms in total. The maximum absolute atomic E-state index is 11.7. The van der Waals surface area contributed by atoms with Crippen LogP contribution in [0.2, 0.25) is 0 Å². The van der Waals surface area contributed by atoms with Crippen molar-refractivity contribution in [3.8, 4) is 0 Å². The maximum Gasteiger partial charge on any atom is 0.330 e. The molecule has 1 unspecified atom stereocenters. The fourth-order valence-electron chi connectivity index (χ4n) is 1.91. The Kier molecular flexibility index (Phi) is 7.37. The molecule has 3 N–H and O–H groups in total. The normalized spacial score (nSPS) is 16.7. The maximum atomic E-state index is 11.7. The molecular formula is C13H23N2O7P. The molecule has 0 aliphatic heterocycles. The smallest absolute Gasteiger partial charge is 0.330 e. The molecule has 0 aliphatic rings. The molecule has 0 aromatic carbocycles. The molecule has 1 aromatic rings. The van der Waals surface area contributed by atoms with Crippen LogP contribution in [0.1, 0.15) is 25.8 Å². The van der Waals surface area contributed by atoms with Crippen LogP contribution in [-0.4, -0.2) is 44.5 Å². The lowest BCUT2D eigenvalue weighted by Crippen LogP contribution is -2.34. The van der Waals surface area contributed by atoms with Crippen molar-refractivity contribution in [2.45, 2.75) is 46.1 Å². The molecule has 0 spiro atoms. The predicted molar refractivity (Wildman–Crippen MR) is 83.5 cm³/mol. The van der Waals surface area contributed by atoms with Gasteiger partial charge < -0.3 is 19.3 Å². The number of H-pyrrole nitrogens is 1. The number of aromatic nitrogens is 2. The van der Waals surface area contributed by atoms with E-state index < -0.39 is 31.1 Å². The van der Waals surface area contributed by atoms with E-state index in [4.69, 9.17) is 9.26 Å². The van der Waals surface area contributed by atoms with Crippen LogP contribution in [0.5, 0.6) is 0 Å². The Morgan fingerprint density at radius 2 is 2.09 bits per heavy atom. The van der Waals surface area contributed by atoms with Crippen LogP contribution in [-0.2, 0) is 20.6 Å². The molecule has 0 saturated carbocycles. The first-order valence-electron chi connectivity index (χ1n) is 7.22. The Morgan fingerprint density at radius 3 is 2.65 bits per heavy atom. The highest BCUT2D eigenvalue weighted by molar-refractivity contribution is 7.52. The number of nitrogens with one attached hydrogen (secondary N) is 1. The second kappa shape index (κ2) is 8.56. The number of aliphatic hydroxyl groups is 1. The molecule has 0 fully saturated rings. The lowest BCUT2D eigenvalue weighted by atomic mass is 10.2. The third-order valence-corrected chi connectivity index (χ3v) is 4.67. The molecule has 0 aliphatic carbocycles. The summed E-state index contributed by atoms with van der Waals surface area (Å²) in [6.07, 6.45) is -0.401. The van der Waals surface area contributed by atoms with Crippen molar-refractivity contribution >= 4 is 7.60 Å². The van der Waals surface area contributed by atoms with Gasteiger partial charge in [0.25, 0.3) is 5.56 Å². The molecule has 0 saturated heterocycles. The fraction of sp³-hybridized carbons (Fsp3) is 0.692. The van der Waals surface area contributed by atoms with Gasteiger partial charge in [0.1, 0.15) is 6.73 Å².